The largest absolute Gasteiger partial charge is 0.345 e. The normalized spacial score (nSPS) is 11.1. The summed E-state index contributed by atoms with van der Waals surface area (Å²) >= 11 is 0. The summed E-state index contributed by atoms with van der Waals surface area (Å²) in [5, 5.41) is 3.16. The van der Waals surface area contributed by atoms with Crippen LogP contribution in [0.15, 0.2) is 36.4 Å². The Bertz CT molecular complexity index is 682. The van der Waals surface area contributed by atoms with E-state index >= 15 is 0 Å². The van der Waals surface area contributed by atoms with E-state index in [1.165, 1.54) is 5.56 Å². The van der Waals surface area contributed by atoms with Crippen LogP contribution in [0.25, 0.3) is 0 Å². The van der Waals surface area contributed by atoms with Crippen LogP contribution in [-0.4, -0.2) is 22.6 Å². The number of hydrogen-bond donors (Lipinski definition) is 2. The Hall–Kier alpha value is -1.78. The number of amides is 1. The van der Waals surface area contributed by atoms with Gasteiger partial charge in [-0.15, -0.1) is 12.4 Å². The topological polar surface area (TPSA) is 60.0 Å². The Labute approximate surface area is 157 Å². The number of carbonyl (C=O) groups is 1. The second kappa shape index (κ2) is 9.07. The highest BCUT2D eigenvalue weighted by molar-refractivity contribution is 5.96. The summed E-state index contributed by atoms with van der Waals surface area (Å²) < 4.78 is 2.19. The van der Waals surface area contributed by atoms with E-state index in [1.807, 2.05) is 38.1 Å². The molecule has 5 heteroatoms. The number of nitrogens with one attached hydrogen (secondary N) is 1. The molecule has 0 unspecified atom stereocenters. The van der Waals surface area contributed by atoms with Gasteiger partial charge in [0.1, 0.15) is 0 Å². The number of rotatable bonds is 7. The van der Waals surface area contributed by atoms with Crippen molar-refractivity contribution in [2.75, 3.05) is 6.54 Å². The summed E-state index contributed by atoms with van der Waals surface area (Å²) in [5.74, 6) is -0.0310. The van der Waals surface area contributed by atoms with Crippen LogP contribution in [-0.2, 0) is 6.54 Å². The van der Waals surface area contributed by atoms with Gasteiger partial charge in [-0.1, -0.05) is 44.2 Å². The van der Waals surface area contributed by atoms with Crippen molar-refractivity contribution in [3.05, 3.63) is 58.9 Å². The lowest BCUT2D eigenvalue weighted by Crippen LogP contribution is -2.52. The van der Waals surface area contributed by atoms with Crippen LogP contribution < -0.4 is 11.1 Å². The Morgan fingerprint density at radius 3 is 2.28 bits per heavy atom. The minimum Gasteiger partial charge on any atom is -0.345 e. The number of aromatic nitrogens is 1. The average molecular weight is 364 g/mol. The van der Waals surface area contributed by atoms with Gasteiger partial charge in [0.05, 0.1) is 11.1 Å². The van der Waals surface area contributed by atoms with Crippen LogP contribution in [0.4, 0.5) is 0 Å². The minimum absolute atomic E-state index is 0. The van der Waals surface area contributed by atoms with Gasteiger partial charge in [-0.2, -0.15) is 0 Å². The molecule has 0 fully saturated rings. The molecule has 3 N–H and O–H groups in total. The fraction of sp³-hybridized carbons (Fsp3) is 0.450. The molecule has 4 nitrogen and oxygen atoms in total. The predicted molar refractivity (Wildman–Crippen MR) is 107 cm³/mol. The molecule has 2 aromatic rings. The molecular weight excluding hydrogens is 334 g/mol. The molecule has 0 atom stereocenters. The first-order valence-corrected chi connectivity index (χ1v) is 8.69. The van der Waals surface area contributed by atoms with E-state index in [-0.39, 0.29) is 23.9 Å². The van der Waals surface area contributed by atoms with Crippen molar-refractivity contribution in [1.82, 2.24) is 9.88 Å². The van der Waals surface area contributed by atoms with Crippen LogP contribution in [0.5, 0.6) is 0 Å². The Kier molecular flexibility index (Phi) is 7.71. The number of halogens is 1. The molecule has 0 radical (unpaired) electrons. The highest BCUT2D eigenvalue weighted by Crippen LogP contribution is 2.20. The first-order chi connectivity index (χ1) is 11.5. The van der Waals surface area contributed by atoms with Crippen molar-refractivity contribution in [2.24, 2.45) is 5.73 Å². The minimum atomic E-state index is -0.320. The van der Waals surface area contributed by atoms with Crippen molar-refractivity contribution in [2.45, 2.75) is 52.6 Å². The maximum atomic E-state index is 12.8. The summed E-state index contributed by atoms with van der Waals surface area (Å²) in [4.78, 5) is 12.8. The molecule has 0 bridgehead atoms. The van der Waals surface area contributed by atoms with E-state index in [9.17, 15) is 4.79 Å². The van der Waals surface area contributed by atoms with E-state index in [4.69, 9.17) is 5.73 Å². The Balaban J connectivity index is 0.00000312. The van der Waals surface area contributed by atoms with Crippen molar-refractivity contribution < 1.29 is 4.79 Å². The molecule has 1 aromatic carbocycles. The second-order valence-electron chi connectivity index (χ2n) is 6.50. The fourth-order valence-electron chi connectivity index (χ4n) is 3.11. The van der Waals surface area contributed by atoms with Crippen LogP contribution in [0.2, 0.25) is 0 Å². The molecule has 2 rings (SSSR count). The molecule has 0 saturated carbocycles. The molecule has 0 saturated heterocycles. The first kappa shape index (κ1) is 21.3. The molecule has 0 aliphatic heterocycles. The second-order valence-corrected chi connectivity index (χ2v) is 6.50. The van der Waals surface area contributed by atoms with Gasteiger partial charge >= 0.3 is 0 Å². The third-order valence-electron chi connectivity index (χ3n) is 5.12. The van der Waals surface area contributed by atoms with Gasteiger partial charge < -0.3 is 15.6 Å². The summed E-state index contributed by atoms with van der Waals surface area (Å²) in [6, 6.07) is 12.3. The first-order valence-electron chi connectivity index (χ1n) is 8.69. The summed E-state index contributed by atoms with van der Waals surface area (Å²) in [6.45, 7) is 9.41. The van der Waals surface area contributed by atoms with Crippen molar-refractivity contribution >= 4 is 18.3 Å². The zero-order valence-corrected chi connectivity index (χ0v) is 16.5. The van der Waals surface area contributed by atoms with Gasteiger partial charge in [0, 0.05) is 24.5 Å². The maximum Gasteiger partial charge on any atom is 0.253 e. The molecule has 0 aliphatic rings. The SMILES string of the molecule is CCC(CC)(CN)NC(=O)c1cc(C)n(Cc2ccccc2)c1C.Cl. The van der Waals surface area contributed by atoms with E-state index in [2.05, 4.69) is 35.9 Å². The molecule has 0 aliphatic carbocycles. The summed E-state index contributed by atoms with van der Waals surface area (Å²) in [7, 11) is 0. The zero-order valence-electron chi connectivity index (χ0n) is 15.6. The van der Waals surface area contributed by atoms with Gasteiger partial charge in [-0.05, 0) is 38.3 Å². The van der Waals surface area contributed by atoms with E-state index in [1.54, 1.807) is 0 Å². The molecule has 25 heavy (non-hydrogen) atoms. The Morgan fingerprint density at radius 2 is 1.76 bits per heavy atom. The number of benzene rings is 1. The van der Waals surface area contributed by atoms with Gasteiger partial charge in [0.15, 0.2) is 0 Å². The standard InChI is InChI=1S/C20H29N3O.ClH/c1-5-20(6-2,14-21)22-19(24)18-12-15(3)23(16(18)4)13-17-10-8-7-9-11-17;/h7-12H,5-6,13-14,21H2,1-4H3,(H,22,24);1H. The number of aryl methyl sites for hydroxylation is 1. The maximum absolute atomic E-state index is 12.8. The fourth-order valence-corrected chi connectivity index (χ4v) is 3.11. The molecule has 0 spiro atoms. The van der Waals surface area contributed by atoms with Gasteiger partial charge in [-0.3, -0.25) is 4.79 Å². The highest BCUT2D eigenvalue weighted by atomic mass is 35.5. The molecular formula is C20H30ClN3O. The van der Waals surface area contributed by atoms with Crippen LogP contribution in [0.1, 0.15) is 54.0 Å². The summed E-state index contributed by atoms with van der Waals surface area (Å²) in [6.07, 6.45) is 1.66. The van der Waals surface area contributed by atoms with E-state index < -0.39 is 0 Å². The average Bonchev–Trinajstić information content (AvgIpc) is 2.89. The van der Waals surface area contributed by atoms with Crippen molar-refractivity contribution in [3.63, 3.8) is 0 Å². The van der Waals surface area contributed by atoms with Gasteiger partial charge in [-0.25, -0.2) is 0 Å². The lowest BCUT2D eigenvalue weighted by Gasteiger charge is -2.31. The monoisotopic (exact) mass is 363 g/mol. The zero-order chi connectivity index (χ0) is 17.7. The van der Waals surface area contributed by atoms with Gasteiger partial charge in [0.25, 0.3) is 5.91 Å². The highest BCUT2D eigenvalue weighted by Gasteiger charge is 2.28. The van der Waals surface area contributed by atoms with Crippen LogP contribution in [0, 0.1) is 13.8 Å². The smallest absolute Gasteiger partial charge is 0.253 e. The molecule has 1 heterocycles. The molecule has 138 valence electrons. The van der Waals surface area contributed by atoms with Crippen molar-refractivity contribution in [3.8, 4) is 0 Å². The predicted octanol–water partition coefficient (Wildman–Crippen LogP) is 3.82. The summed E-state index contributed by atoms with van der Waals surface area (Å²) in [5.41, 5.74) is 9.64. The molecule has 1 amide bonds. The van der Waals surface area contributed by atoms with E-state index in [0.717, 1.165) is 36.3 Å². The third kappa shape index (κ3) is 4.65. The van der Waals surface area contributed by atoms with Crippen LogP contribution >= 0.6 is 12.4 Å². The van der Waals surface area contributed by atoms with Gasteiger partial charge in [0.2, 0.25) is 0 Å². The van der Waals surface area contributed by atoms with E-state index in [0.29, 0.717) is 6.54 Å². The number of carbonyl (C=O) groups excluding carboxylic acids is 1. The lowest BCUT2D eigenvalue weighted by atomic mass is 9.92. The quantitative estimate of drug-likeness (QED) is 0.785. The lowest BCUT2D eigenvalue weighted by molar-refractivity contribution is 0.0894. The Morgan fingerprint density at radius 1 is 1.16 bits per heavy atom. The number of nitrogens with zero attached hydrogens (tertiary/aromatic N) is 1. The van der Waals surface area contributed by atoms with Crippen molar-refractivity contribution in [1.29, 1.82) is 0 Å². The molecule has 1 aromatic heterocycles. The van der Waals surface area contributed by atoms with Crippen LogP contribution in [0.3, 0.4) is 0 Å². The number of nitrogens with two attached hydrogens (primary N) is 1. The third-order valence-corrected chi connectivity index (χ3v) is 5.12. The number of hydrogen-bond acceptors (Lipinski definition) is 2.